The average Bonchev–Trinajstić information content (AvgIpc) is 3.56. The summed E-state index contributed by atoms with van der Waals surface area (Å²) in [5, 5.41) is 13.1. The number of piperidine rings is 2. The number of halogens is 4. The molecule has 3 aliphatic rings. The molecule has 2 aromatic heterocycles. The Kier molecular flexibility index (Phi) is 10.9. The maximum absolute atomic E-state index is 12.0. The smallest absolute Gasteiger partial charge is 0.338 e. The number of fused-ring (bicyclic) bond motifs is 3. The Labute approximate surface area is 314 Å². The van der Waals surface area contributed by atoms with Crippen LogP contribution >= 0.6 is 55.1 Å². The second-order valence-corrected chi connectivity index (χ2v) is 15.1. The topological polar surface area (TPSA) is 118 Å². The van der Waals surface area contributed by atoms with E-state index in [9.17, 15) is 9.59 Å². The SMILES string of the molecule is O=c1cc(NC2CCN(Cc3ccc4c(c3)OCO4)CC2)c2cc(Cl)cc(Br)c2o1.O=c1cc(NC2CCNCC2)c2cc(Cl)cc(Br)c2o1. The van der Waals surface area contributed by atoms with Gasteiger partial charge in [0.1, 0.15) is 0 Å². The van der Waals surface area contributed by atoms with Crippen molar-refractivity contribution in [3.8, 4) is 11.5 Å². The number of anilines is 2. The zero-order valence-electron chi connectivity index (χ0n) is 26.8. The maximum atomic E-state index is 12.0. The Morgan fingerprint density at radius 2 is 1.26 bits per heavy atom. The van der Waals surface area contributed by atoms with Gasteiger partial charge in [-0.2, -0.15) is 0 Å². The zero-order chi connectivity index (χ0) is 34.8. The molecule has 0 aliphatic carbocycles. The van der Waals surface area contributed by atoms with Crippen molar-refractivity contribution in [3.63, 3.8) is 0 Å². The van der Waals surface area contributed by atoms with Crippen molar-refractivity contribution in [2.24, 2.45) is 0 Å². The number of nitrogens with one attached hydrogen (secondary N) is 3. The molecule has 0 bridgehead atoms. The quantitative estimate of drug-likeness (QED) is 0.144. The Hall–Kier alpha value is -3.26. The van der Waals surface area contributed by atoms with Gasteiger partial charge in [-0.25, -0.2) is 9.59 Å². The number of hydrogen-bond donors (Lipinski definition) is 3. The first kappa shape index (κ1) is 35.2. The second-order valence-electron chi connectivity index (χ2n) is 12.5. The van der Waals surface area contributed by atoms with Crippen LogP contribution in [0.2, 0.25) is 10.0 Å². The van der Waals surface area contributed by atoms with E-state index < -0.39 is 0 Å². The van der Waals surface area contributed by atoms with Crippen LogP contribution < -0.4 is 36.7 Å². The summed E-state index contributed by atoms with van der Waals surface area (Å²) < 4.78 is 22.8. The molecule has 14 heteroatoms. The van der Waals surface area contributed by atoms with E-state index in [1.54, 1.807) is 12.1 Å². The first-order valence-electron chi connectivity index (χ1n) is 16.4. The fraction of sp³-hybridized carbons (Fsp3) is 0.333. The van der Waals surface area contributed by atoms with Gasteiger partial charge in [0.15, 0.2) is 22.7 Å². The molecule has 3 aromatic carbocycles. The number of hydrogen-bond acceptors (Lipinski definition) is 10. The lowest BCUT2D eigenvalue weighted by Gasteiger charge is -2.33. The number of ether oxygens (including phenoxy) is 2. The zero-order valence-corrected chi connectivity index (χ0v) is 31.5. The van der Waals surface area contributed by atoms with Gasteiger partial charge in [0.05, 0.1) is 20.3 Å². The summed E-state index contributed by atoms with van der Waals surface area (Å²) in [5.41, 5.74) is 3.06. The van der Waals surface area contributed by atoms with E-state index in [4.69, 9.17) is 41.5 Å². The predicted molar refractivity (Wildman–Crippen MR) is 204 cm³/mol. The molecule has 3 aliphatic heterocycles. The van der Waals surface area contributed by atoms with E-state index in [-0.39, 0.29) is 17.3 Å². The van der Waals surface area contributed by atoms with Crippen molar-refractivity contribution in [1.29, 1.82) is 0 Å². The van der Waals surface area contributed by atoms with Gasteiger partial charge in [-0.05, 0) is 113 Å². The molecule has 0 radical (unpaired) electrons. The van der Waals surface area contributed by atoms with Gasteiger partial charge in [0.2, 0.25) is 6.79 Å². The van der Waals surface area contributed by atoms with Crippen LogP contribution in [0, 0.1) is 0 Å². The van der Waals surface area contributed by atoms with Crippen LogP contribution in [0.25, 0.3) is 21.9 Å². The fourth-order valence-corrected chi connectivity index (χ4v) is 8.34. The lowest BCUT2D eigenvalue weighted by molar-refractivity contribution is 0.173. The molecule has 10 nitrogen and oxygen atoms in total. The highest BCUT2D eigenvalue weighted by atomic mass is 79.9. The Morgan fingerprint density at radius 1 is 0.720 bits per heavy atom. The number of likely N-dealkylation sites (tertiary alicyclic amines) is 1. The van der Waals surface area contributed by atoms with E-state index in [1.807, 2.05) is 18.2 Å². The van der Waals surface area contributed by atoms with Gasteiger partial charge in [0, 0.05) is 64.7 Å². The highest BCUT2D eigenvalue weighted by Gasteiger charge is 2.22. The highest BCUT2D eigenvalue weighted by Crippen LogP contribution is 2.35. The molecule has 2 saturated heterocycles. The highest BCUT2D eigenvalue weighted by molar-refractivity contribution is 9.11. The monoisotopic (exact) mass is 846 g/mol. The molecule has 262 valence electrons. The summed E-state index contributed by atoms with van der Waals surface area (Å²) in [7, 11) is 0. The van der Waals surface area contributed by atoms with E-state index >= 15 is 0 Å². The average molecular weight is 849 g/mol. The molecule has 50 heavy (non-hydrogen) atoms. The Morgan fingerprint density at radius 3 is 1.84 bits per heavy atom. The van der Waals surface area contributed by atoms with Gasteiger partial charge in [-0.3, -0.25) is 4.90 Å². The molecule has 5 heterocycles. The van der Waals surface area contributed by atoms with Crippen LogP contribution in [0.15, 0.2) is 82.0 Å². The lowest BCUT2D eigenvalue weighted by Crippen LogP contribution is -2.38. The van der Waals surface area contributed by atoms with Gasteiger partial charge < -0.3 is 34.3 Å². The third-order valence-corrected chi connectivity index (χ3v) is 10.6. The van der Waals surface area contributed by atoms with E-state index in [2.05, 4.69) is 64.8 Å². The second kappa shape index (κ2) is 15.5. The third kappa shape index (κ3) is 8.27. The molecule has 0 saturated carbocycles. The van der Waals surface area contributed by atoms with Gasteiger partial charge >= 0.3 is 11.3 Å². The minimum atomic E-state index is -0.381. The molecule has 0 unspecified atom stereocenters. The van der Waals surface area contributed by atoms with Crippen LogP contribution in [-0.2, 0) is 6.54 Å². The molecular weight excluding hydrogens is 815 g/mol. The molecule has 3 N–H and O–H groups in total. The predicted octanol–water partition coefficient (Wildman–Crippen LogP) is 8.39. The fourth-order valence-electron chi connectivity index (χ4n) is 6.56. The minimum Gasteiger partial charge on any atom is -0.454 e. The van der Waals surface area contributed by atoms with E-state index in [0.717, 1.165) is 92.1 Å². The van der Waals surface area contributed by atoms with Crippen LogP contribution in [0.1, 0.15) is 31.2 Å². The number of rotatable bonds is 6. The molecule has 2 fully saturated rings. The third-order valence-electron chi connectivity index (χ3n) is 9.02. The summed E-state index contributed by atoms with van der Waals surface area (Å²) in [4.78, 5) is 26.2. The molecule has 0 atom stereocenters. The summed E-state index contributed by atoms with van der Waals surface area (Å²) in [6.45, 7) is 5.09. The van der Waals surface area contributed by atoms with Crippen LogP contribution in [0.4, 0.5) is 11.4 Å². The Bertz CT molecular complexity index is 2150. The Balaban J connectivity index is 0.000000170. The van der Waals surface area contributed by atoms with Gasteiger partial charge in [-0.1, -0.05) is 29.3 Å². The standard InChI is InChI=1S/C22H20BrClN2O4.C14H14BrClN2O2/c23-17-9-14(24)8-16-18(10-21(27)30-22(16)17)25-15-3-5-26(6-4-15)11-13-1-2-19-20(7-13)29-12-28-19;15-11-6-8(16)5-10-12(7-13(19)20-14(10)11)18-9-1-3-17-4-2-9/h1-2,7-10,15,25H,3-6,11-12H2;5-7,9,17-18H,1-4H2. The van der Waals surface area contributed by atoms with Crippen molar-refractivity contribution in [2.75, 3.05) is 43.6 Å². The van der Waals surface area contributed by atoms with Crippen molar-refractivity contribution < 1.29 is 18.3 Å². The molecular formula is C36H34Br2Cl2N4O6. The normalized spacial score (nSPS) is 16.7. The first-order chi connectivity index (χ1) is 24.2. The summed E-state index contributed by atoms with van der Waals surface area (Å²) in [6, 6.07) is 16.8. The van der Waals surface area contributed by atoms with E-state index in [0.29, 0.717) is 43.0 Å². The molecule has 0 amide bonds. The van der Waals surface area contributed by atoms with E-state index in [1.165, 1.54) is 17.7 Å². The van der Waals surface area contributed by atoms with Crippen molar-refractivity contribution in [1.82, 2.24) is 10.2 Å². The summed E-state index contributed by atoms with van der Waals surface area (Å²) in [5.74, 6) is 1.64. The van der Waals surface area contributed by atoms with Crippen molar-refractivity contribution >= 4 is 88.4 Å². The maximum Gasteiger partial charge on any atom is 0.338 e. The molecule has 8 rings (SSSR count). The molecule has 0 spiro atoms. The van der Waals surface area contributed by atoms with Gasteiger partial charge in [-0.15, -0.1) is 0 Å². The largest absolute Gasteiger partial charge is 0.454 e. The number of nitrogens with zero attached hydrogens (tertiary/aromatic N) is 1. The molecule has 5 aromatic rings. The van der Waals surface area contributed by atoms with Crippen LogP contribution in [0.3, 0.4) is 0 Å². The summed E-state index contributed by atoms with van der Waals surface area (Å²) in [6.07, 6.45) is 4.02. The van der Waals surface area contributed by atoms with Crippen LogP contribution in [-0.4, -0.2) is 50.0 Å². The first-order valence-corrected chi connectivity index (χ1v) is 18.7. The van der Waals surface area contributed by atoms with Crippen molar-refractivity contribution in [2.45, 2.75) is 44.3 Å². The van der Waals surface area contributed by atoms with Gasteiger partial charge in [0.25, 0.3) is 0 Å². The van der Waals surface area contributed by atoms with Crippen LogP contribution in [0.5, 0.6) is 11.5 Å². The van der Waals surface area contributed by atoms with Crippen molar-refractivity contribution in [3.05, 3.63) is 100.0 Å². The lowest BCUT2D eigenvalue weighted by atomic mass is 10.0. The summed E-state index contributed by atoms with van der Waals surface area (Å²) >= 11 is 19.1. The number of benzene rings is 3. The minimum absolute atomic E-state index is 0.278.